The molecule has 1 unspecified atom stereocenters. The van der Waals surface area contributed by atoms with Crippen LogP contribution in [-0.2, 0) is 0 Å². The van der Waals surface area contributed by atoms with E-state index < -0.39 is 11.6 Å². The third kappa shape index (κ3) is 2.81. The molecule has 0 saturated heterocycles. The molecule has 0 saturated carbocycles. The molecule has 2 nitrogen and oxygen atoms in total. The first kappa shape index (κ1) is 12.4. The summed E-state index contributed by atoms with van der Waals surface area (Å²) in [5.74, 6) is -1.25. The summed E-state index contributed by atoms with van der Waals surface area (Å²) in [6.45, 7) is 1.80. The summed E-state index contributed by atoms with van der Waals surface area (Å²) in [4.78, 5) is 4.09. The van der Waals surface area contributed by atoms with Gasteiger partial charge in [0, 0.05) is 9.85 Å². The normalized spacial score (nSPS) is 12.5. The molecule has 6 heteroatoms. The zero-order valence-electron chi connectivity index (χ0n) is 8.88. The average molecular weight is 319 g/mol. The molecule has 1 aromatic heterocycles. The molecule has 0 aliphatic rings. The predicted molar refractivity (Wildman–Crippen MR) is 68.2 cm³/mol. The summed E-state index contributed by atoms with van der Waals surface area (Å²) in [6.07, 6.45) is 0. The molecule has 0 spiro atoms. The van der Waals surface area contributed by atoms with Gasteiger partial charge in [-0.05, 0) is 19.1 Å². The Hall–Kier alpha value is -1.01. The predicted octanol–water partition coefficient (Wildman–Crippen LogP) is 4.36. The number of benzene rings is 1. The molecule has 1 N–H and O–H groups in total. The van der Waals surface area contributed by atoms with Gasteiger partial charge in [0.05, 0.1) is 17.2 Å². The lowest BCUT2D eigenvalue weighted by Gasteiger charge is -2.14. The minimum atomic E-state index is -0.626. The van der Waals surface area contributed by atoms with Crippen molar-refractivity contribution < 1.29 is 8.78 Å². The van der Waals surface area contributed by atoms with E-state index in [1.54, 1.807) is 12.4 Å². The van der Waals surface area contributed by atoms with Gasteiger partial charge in [-0.15, -0.1) is 11.3 Å². The molecule has 0 aliphatic heterocycles. The van der Waals surface area contributed by atoms with Crippen LogP contribution in [0.15, 0.2) is 27.5 Å². The van der Waals surface area contributed by atoms with Crippen molar-refractivity contribution >= 4 is 33.0 Å². The first-order valence-corrected chi connectivity index (χ1v) is 6.60. The van der Waals surface area contributed by atoms with Gasteiger partial charge >= 0.3 is 0 Å². The van der Waals surface area contributed by atoms with E-state index in [9.17, 15) is 8.78 Å². The van der Waals surface area contributed by atoms with Crippen LogP contribution in [0.5, 0.6) is 0 Å². The van der Waals surface area contributed by atoms with Crippen LogP contribution in [0.3, 0.4) is 0 Å². The highest BCUT2D eigenvalue weighted by Crippen LogP contribution is 2.27. The van der Waals surface area contributed by atoms with E-state index in [-0.39, 0.29) is 11.7 Å². The lowest BCUT2D eigenvalue weighted by atomic mass is 10.2. The highest BCUT2D eigenvalue weighted by Gasteiger charge is 2.14. The van der Waals surface area contributed by atoms with Gasteiger partial charge in [0.15, 0.2) is 0 Å². The van der Waals surface area contributed by atoms with Crippen LogP contribution in [0, 0.1) is 11.6 Å². The van der Waals surface area contributed by atoms with Crippen LogP contribution in [-0.4, -0.2) is 4.98 Å². The zero-order valence-corrected chi connectivity index (χ0v) is 11.3. The van der Waals surface area contributed by atoms with E-state index in [4.69, 9.17) is 0 Å². The van der Waals surface area contributed by atoms with Crippen molar-refractivity contribution in [1.82, 2.24) is 4.98 Å². The van der Waals surface area contributed by atoms with Crippen molar-refractivity contribution in [2.75, 3.05) is 5.32 Å². The Kier molecular flexibility index (Phi) is 3.73. The first-order valence-electron chi connectivity index (χ1n) is 4.87. The molecule has 1 aromatic carbocycles. The first-order chi connectivity index (χ1) is 8.08. The van der Waals surface area contributed by atoms with E-state index in [0.29, 0.717) is 4.47 Å². The molecule has 0 fully saturated rings. The van der Waals surface area contributed by atoms with Crippen molar-refractivity contribution in [3.05, 3.63) is 44.8 Å². The van der Waals surface area contributed by atoms with Gasteiger partial charge in [0.25, 0.3) is 0 Å². The largest absolute Gasteiger partial charge is 0.372 e. The number of nitrogens with one attached hydrogen (secondary N) is 1. The molecule has 2 aromatic rings. The summed E-state index contributed by atoms with van der Waals surface area (Å²) >= 11 is 4.48. The number of thiazole rings is 1. The van der Waals surface area contributed by atoms with Gasteiger partial charge in [-0.3, -0.25) is 0 Å². The molecule has 0 bridgehead atoms. The van der Waals surface area contributed by atoms with Crippen molar-refractivity contribution in [3.63, 3.8) is 0 Å². The summed E-state index contributed by atoms with van der Waals surface area (Å²) < 4.78 is 27.5. The Labute approximate surface area is 110 Å². The zero-order chi connectivity index (χ0) is 12.4. The number of hydrogen-bond acceptors (Lipinski definition) is 3. The molecule has 0 aliphatic carbocycles. The number of hydrogen-bond donors (Lipinski definition) is 1. The molecular weight excluding hydrogens is 310 g/mol. The average Bonchev–Trinajstić information content (AvgIpc) is 2.76. The minimum Gasteiger partial charge on any atom is -0.372 e. The molecule has 90 valence electrons. The maximum atomic E-state index is 13.6. The van der Waals surface area contributed by atoms with Gasteiger partial charge < -0.3 is 5.32 Å². The highest BCUT2D eigenvalue weighted by molar-refractivity contribution is 9.10. The standard InChI is InChI=1S/C11H9BrF2N2S/c1-6(10-4-17-5-15-10)16-11-8(13)2-7(12)3-9(11)14/h2-6,16H,1H3. The van der Waals surface area contributed by atoms with Crippen LogP contribution in [0.1, 0.15) is 18.7 Å². The van der Waals surface area contributed by atoms with Crippen LogP contribution < -0.4 is 5.32 Å². The number of halogens is 3. The third-order valence-corrected chi connectivity index (χ3v) is 3.33. The Morgan fingerprint density at radius 1 is 1.35 bits per heavy atom. The van der Waals surface area contributed by atoms with Crippen molar-refractivity contribution in [1.29, 1.82) is 0 Å². The van der Waals surface area contributed by atoms with Crippen LogP contribution in [0.2, 0.25) is 0 Å². The fourth-order valence-electron chi connectivity index (χ4n) is 1.41. The summed E-state index contributed by atoms with van der Waals surface area (Å²) in [7, 11) is 0. The topological polar surface area (TPSA) is 24.9 Å². The van der Waals surface area contributed by atoms with Gasteiger partial charge in [0.2, 0.25) is 0 Å². The van der Waals surface area contributed by atoms with Crippen molar-refractivity contribution in [3.8, 4) is 0 Å². The van der Waals surface area contributed by atoms with Gasteiger partial charge in [-0.1, -0.05) is 15.9 Å². The number of aromatic nitrogens is 1. The summed E-state index contributed by atoms with van der Waals surface area (Å²) in [5, 5.41) is 4.62. The van der Waals surface area contributed by atoms with E-state index >= 15 is 0 Å². The van der Waals surface area contributed by atoms with E-state index in [1.807, 2.05) is 5.38 Å². The monoisotopic (exact) mass is 318 g/mol. The lowest BCUT2D eigenvalue weighted by molar-refractivity contribution is 0.582. The van der Waals surface area contributed by atoms with Crippen molar-refractivity contribution in [2.24, 2.45) is 0 Å². The second-order valence-corrected chi connectivity index (χ2v) is 5.16. The minimum absolute atomic E-state index is 0.131. The van der Waals surface area contributed by atoms with E-state index in [0.717, 1.165) is 5.69 Å². The quantitative estimate of drug-likeness (QED) is 0.909. The molecule has 0 amide bonds. The number of anilines is 1. The van der Waals surface area contributed by atoms with E-state index in [2.05, 4.69) is 26.2 Å². The summed E-state index contributed by atoms with van der Waals surface area (Å²) in [6, 6.07) is 2.20. The van der Waals surface area contributed by atoms with Crippen LogP contribution in [0.4, 0.5) is 14.5 Å². The molecule has 1 atom stereocenters. The van der Waals surface area contributed by atoms with Gasteiger partial charge in [-0.2, -0.15) is 0 Å². The van der Waals surface area contributed by atoms with Crippen LogP contribution in [0.25, 0.3) is 0 Å². The van der Waals surface area contributed by atoms with E-state index in [1.165, 1.54) is 23.5 Å². The maximum Gasteiger partial charge on any atom is 0.150 e. The number of nitrogens with zero attached hydrogens (tertiary/aromatic N) is 1. The third-order valence-electron chi connectivity index (χ3n) is 2.26. The highest BCUT2D eigenvalue weighted by atomic mass is 79.9. The van der Waals surface area contributed by atoms with Crippen molar-refractivity contribution in [2.45, 2.75) is 13.0 Å². The van der Waals surface area contributed by atoms with Crippen LogP contribution >= 0.6 is 27.3 Å². The molecule has 2 rings (SSSR count). The Morgan fingerprint density at radius 3 is 2.53 bits per heavy atom. The smallest absolute Gasteiger partial charge is 0.150 e. The lowest BCUT2D eigenvalue weighted by Crippen LogP contribution is -2.09. The Balaban J connectivity index is 2.25. The summed E-state index contributed by atoms with van der Waals surface area (Å²) in [5.41, 5.74) is 2.31. The fraction of sp³-hybridized carbons (Fsp3) is 0.182. The maximum absolute atomic E-state index is 13.6. The Morgan fingerprint density at radius 2 is 2.00 bits per heavy atom. The molecular formula is C11H9BrF2N2S. The molecule has 0 radical (unpaired) electrons. The Bertz CT molecular complexity index is 493. The van der Waals surface area contributed by atoms with Gasteiger partial charge in [0.1, 0.15) is 17.3 Å². The number of rotatable bonds is 3. The fourth-order valence-corrected chi connectivity index (χ4v) is 2.46. The SMILES string of the molecule is CC(Nc1c(F)cc(Br)cc1F)c1cscn1. The van der Waals surface area contributed by atoms with Gasteiger partial charge in [-0.25, -0.2) is 13.8 Å². The second kappa shape index (κ2) is 5.10. The molecule has 1 heterocycles. The molecule has 17 heavy (non-hydrogen) atoms. The second-order valence-electron chi connectivity index (χ2n) is 3.52.